The first-order valence-electron chi connectivity index (χ1n) is 12.2. The highest BCUT2D eigenvalue weighted by atomic mass is 19.1. The predicted octanol–water partition coefficient (Wildman–Crippen LogP) is 5.06. The number of rotatable bonds is 7. The fraction of sp³-hybridized carbons (Fsp3) is 0.250. The highest BCUT2D eigenvalue weighted by Crippen LogP contribution is 2.27. The number of ether oxygens (including phenoxy) is 2. The average Bonchev–Trinajstić information content (AvgIpc) is 3.30. The van der Waals surface area contributed by atoms with Crippen LogP contribution in [0.4, 0.5) is 20.3 Å². The number of carbonyl (C=O) groups is 2. The summed E-state index contributed by atoms with van der Waals surface area (Å²) in [4.78, 5) is 25.6. The maximum Gasteiger partial charge on any atom is 0.337 e. The molecule has 1 amide bonds. The number of anilines is 2. The number of amides is 1. The lowest BCUT2D eigenvalue weighted by Crippen LogP contribution is -2.29. The van der Waals surface area contributed by atoms with Gasteiger partial charge < -0.3 is 20.1 Å². The third kappa shape index (κ3) is 5.65. The highest BCUT2D eigenvalue weighted by molar-refractivity contribution is 6.11. The molecule has 8 nitrogen and oxygen atoms in total. The molecule has 1 aromatic heterocycles. The van der Waals surface area contributed by atoms with Crippen LogP contribution < -0.4 is 10.6 Å². The molecule has 1 aliphatic rings. The highest BCUT2D eigenvalue weighted by Gasteiger charge is 2.21. The van der Waals surface area contributed by atoms with Crippen LogP contribution in [-0.4, -0.2) is 48.4 Å². The molecule has 10 heteroatoms. The molecule has 5 rings (SSSR count). The van der Waals surface area contributed by atoms with Crippen LogP contribution in [0.25, 0.3) is 10.9 Å². The molecule has 38 heavy (non-hydrogen) atoms. The topological polar surface area (TPSA) is 105 Å². The maximum absolute atomic E-state index is 13.6. The predicted molar refractivity (Wildman–Crippen MR) is 138 cm³/mol. The van der Waals surface area contributed by atoms with Gasteiger partial charge >= 0.3 is 5.97 Å². The van der Waals surface area contributed by atoms with Crippen molar-refractivity contribution < 1.29 is 27.8 Å². The van der Waals surface area contributed by atoms with Gasteiger partial charge in [0.05, 0.1) is 23.8 Å². The first-order valence-corrected chi connectivity index (χ1v) is 12.2. The standard InChI is InChI=1S/C28H26F2N4O4/c1-37-28(36)18-3-5-24(31-21-6-8-38-9-7-21)23(14-18)27(35)32-26-22-13-16(2-4-25(22)33-34-26)10-17-11-19(29)15-20(30)12-17/h2-5,11-15,21,31H,6-10H2,1H3,(H2,32,33,34,35). The number of methoxy groups -OCH3 is 1. The second kappa shape index (κ2) is 11.0. The van der Waals surface area contributed by atoms with E-state index < -0.39 is 23.5 Å². The van der Waals surface area contributed by atoms with E-state index in [1.165, 1.54) is 25.3 Å². The Labute approximate surface area is 217 Å². The zero-order chi connectivity index (χ0) is 26.6. The second-order valence-corrected chi connectivity index (χ2v) is 9.14. The summed E-state index contributed by atoms with van der Waals surface area (Å²) < 4.78 is 37.5. The summed E-state index contributed by atoms with van der Waals surface area (Å²) in [5.41, 5.74) is 3.04. The lowest BCUT2D eigenvalue weighted by molar-refractivity contribution is 0.0600. The first kappa shape index (κ1) is 25.3. The van der Waals surface area contributed by atoms with Crippen molar-refractivity contribution in [3.63, 3.8) is 0 Å². The Balaban J connectivity index is 1.42. The Hall–Kier alpha value is -4.31. The van der Waals surface area contributed by atoms with Gasteiger partial charge in [0, 0.05) is 36.4 Å². The third-order valence-corrected chi connectivity index (χ3v) is 6.46. The summed E-state index contributed by atoms with van der Waals surface area (Å²) in [6, 6.07) is 13.7. The molecular weight excluding hydrogens is 494 g/mol. The minimum Gasteiger partial charge on any atom is -0.465 e. The molecule has 0 unspecified atom stereocenters. The van der Waals surface area contributed by atoms with Crippen molar-refractivity contribution in [2.24, 2.45) is 0 Å². The Morgan fingerprint density at radius 3 is 2.53 bits per heavy atom. The van der Waals surface area contributed by atoms with E-state index in [0.717, 1.165) is 24.5 Å². The molecular formula is C28H26F2N4O4. The Morgan fingerprint density at radius 1 is 1.03 bits per heavy atom. The van der Waals surface area contributed by atoms with E-state index in [-0.39, 0.29) is 23.0 Å². The summed E-state index contributed by atoms with van der Waals surface area (Å²) in [5.74, 6) is -2.01. The Morgan fingerprint density at radius 2 is 1.79 bits per heavy atom. The van der Waals surface area contributed by atoms with Gasteiger partial charge in [-0.2, -0.15) is 5.10 Å². The van der Waals surface area contributed by atoms with Crippen LogP contribution in [0.2, 0.25) is 0 Å². The van der Waals surface area contributed by atoms with E-state index in [4.69, 9.17) is 9.47 Å². The zero-order valence-corrected chi connectivity index (χ0v) is 20.6. The quantitative estimate of drug-likeness (QED) is 0.294. The van der Waals surface area contributed by atoms with Crippen molar-refractivity contribution in [2.75, 3.05) is 31.0 Å². The molecule has 3 aromatic carbocycles. The average molecular weight is 521 g/mol. The van der Waals surface area contributed by atoms with E-state index in [1.54, 1.807) is 18.2 Å². The Kier molecular flexibility index (Phi) is 7.32. The summed E-state index contributed by atoms with van der Waals surface area (Å²) in [5, 5.41) is 14.0. The maximum atomic E-state index is 13.6. The molecule has 0 spiro atoms. The van der Waals surface area contributed by atoms with Gasteiger partial charge in [0.15, 0.2) is 5.82 Å². The smallest absolute Gasteiger partial charge is 0.337 e. The number of benzene rings is 3. The van der Waals surface area contributed by atoms with Gasteiger partial charge in [-0.1, -0.05) is 6.07 Å². The van der Waals surface area contributed by atoms with Crippen LogP contribution in [-0.2, 0) is 15.9 Å². The van der Waals surface area contributed by atoms with Gasteiger partial charge in [-0.25, -0.2) is 13.6 Å². The summed E-state index contributed by atoms with van der Waals surface area (Å²) in [6.45, 7) is 1.26. The Bertz CT molecular complexity index is 1480. The number of nitrogens with zero attached hydrogens (tertiary/aromatic N) is 1. The first-order chi connectivity index (χ1) is 18.4. The van der Waals surface area contributed by atoms with Crippen LogP contribution in [0.3, 0.4) is 0 Å². The molecule has 2 heterocycles. The number of halogens is 2. The van der Waals surface area contributed by atoms with Gasteiger partial charge in [0.2, 0.25) is 0 Å². The van der Waals surface area contributed by atoms with Crippen LogP contribution in [0.15, 0.2) is 54.6 Å². The van der Waals surface area contributed by atoms with Crippen molar-refractivity contribution in [3.05, 3.63) is 88.5 Å². The van der Waals surface area contributed by atoms with E-state index in [1.807, 2.05) is 12.1 Å². The van der Waals surface area contributed by atoms with Crippen molar-refractivity contribution in [1.29, 1.82) is 0 Å². The summed E-state index contributed by atoms with van der Waals surface area (Å²) in [7, 11) is 1.28. The van der Waals surface area contributed by atoms with E-state index in [2.05, 4.69) is 20.8 Å². The fourth-order valence-corrected chi connectivity index (χ4v) is 4.55. The number of nitrogens with one attached hydrogen (secondary N) is 3. The number of aromatic amines is 1. The largest absolute Gasteiger partial charge is 0.465 e. The van der Waals surface area contributed by atoms with E-state index in [9.17, 15) is 18.4 Å². The molecule has 0 saturated carbocycles. The molecule has 0 radical (unpaired) electrons. The van der Waals surface area contributed by atoms with Crippen molar-refractivity contribution in [3.8, 4) is 0 Å². The molecule has 3 N–H and O–H groups in total. The summed E-state index contributed by atoms with van der Waals surface area (Å²) in [6.07, 6.45) is 1.88. The minimum absolute atomic E-state index is 0.126. The fourth-order valence-electron chi connectivity index (χ4n) is 4.55. The van der Waals surface area contributed by atoms with Crippen molar-refractivity contribution >= 4 is 34.3 Å². The van der Waals surface area contributed by atoms with Crippen molar-refractivity contribution in [1.82, 2.24) is 10.2 Å². The number of fused-ring (bicyclic) bond motifs is 1. The van der Waals surface area contributed by atoms with Gasteiger partial charge in [0.25, 0.3) is 5.91 Å². The van der Waals surface area contributed by atoms with Gasteiger partial charge in [-0.05, 0) is 72.9 Å². The van der Waals surface area contributed by atoms with Gasteiger partial charge in [-0.3, -0.25) is 9.89 Å². The zero-order valence-electron chi connectivity index (χ0n) is 20.6. The molecule has 4 aromatic rings. The van der Waals surface area contributed by atoms with Crippen LogP contribution >= 0.6 is 0 Å². The number of esters is 1. The summed E-state index contributed by atoms with van der Waals surface area (Å²) >= 11 is 0. The number of hydrogen-bond acceptors (Lipinski definition) is 6. The molecule has 0 aliphatic carbocycles. The minimum atomic E-state index is -0.642. The van der Waals surface area contributed by atoms with Crippen LogP contribution in [0.5, 0.6) is 0 Å². The lowest BCUT2D eigenvalue weighted by Gasteiger charge is -2.25. The number of carbonyl (C=O) groups excluding carboxylic acids is 2. The SMILES string of the molecule is COC(=O)c1ccc(NC2CCOCC2)c(C(=O)Nc2n[nH]c3ccc(Cc4cc(F)cc(F)c4)cc23)c1. The van der Waals surface area contributed by atoms with Gasteiger partial charge in [-0.15, -0.1) is 0 Å². The molecule has 0 bridgehead atoms. The number of H-pyrrole nitrogens is 1. The number of aromatic nitrogens is 2. The van der Waals surface area contributed by atoms with Crippen molar-refractivity contribution in [2.45, 2.75) is 25.3 Å². The molecule has 1 aliphatic heterocycles. The van der Waals surface area contributed by atoms with Crippen LogP contribution in [0, 0.1) is 11.6 Å². The molecule has 196 valence electrons. The molecule has 0 atom stereocenters. The third-order valence-electron chi connectivity index (χ3n) is 6.46. The normalized spacial score (nSPS) is 13.9. The molecule has 1 fully saturated rings. The van der Waals surface area contributed by atoms with Crippen LogP contribution in [0.1, 0.15) is 44.7 Å². The molecule has 1 saturated heterocycles. The van der Waals surface area contributed by atoms with E-state index >= 15 is 0 Å². The second-order valence-electron chi connectivity index (χ2n) is 9.14. The monoisotopic (exact) mass is 520 g/mol. The lowest BCUT2D eigenvalue weighted by atomic mass is 10.0. The number of hydrogen-bond donors (Lipinski definition) is 3. The van der Waals surface area contributed by atoms with Gasteiger partial charge in [0.1, 0.15) is 11.6 Å². The van der Waals surface area contributed by atoms with E-state index in [0.29, 0.717) is 41.8 Å².